The highest BCUT2D eigenvalue weighted by atomic mass is 35.5. The van der Waals surface area contributed by atoms with Gasteiger partial charge in [0, 0.05) is 22.9 Å². The maximum atomic E-state index is 12.3. The number of nitrogens with one attached hydrogen (secondary N) is 2. The second-order valence-electron chi connectivity index (χ2n) is 6.11. The van der Waals surface area contributed by atoms with Crippen molar-refractivity contribution in [1.82, 2.24) is 5.32 Å². The minimum Gasteiger partial charge on any atom is -0.463 e. The average Bonchev–Trinajstić information content (AvgIpc) is 3.25. The van der Waals surface area contributed by atoms with Gasteiger partial charge in [0.1, 0.15) is 0 Å². The highest BCUT2D eigenvalue weighted by Crippen LogP contribution is 2.24. The number of benzene rings is 1. The summed E-state index contributed by atoms with van der Waals surface area (Å²) >= 11 is 12.3. The van der Waals surface area contributed by atoms with Gasteiger partial charge in [0.2, 0.25) is 5.91 Å². The first-order chi connectivity index (χ1) is 11.6. The summed E-state index contributed by atoms with van der Waals surface area (Å²) in [5.41, 5.74) is 0.668. The maximum absolute atomic E-state index is 12.3. The van der Waals surface area contributed by atoms with E-state index in [9.17, 15) is 4.79 Å². The van der Waals surface area contributed by atoms with E-state index in [1.807, 2.05) is 12.1 Å². The monoisotopic (exact) mass is 367 g/mol. The number of hydrogen-bond acceptors (Lipinski definition) is 2. The molecule has 1 fully saturated rings. The molecule has 0 radical (unpaired) electrons. The molecular formula is C18H21Cl2N2O2+. The standard InChI is InChI=1S/C18H20Cl2N2O2/c19-14-5-3-6-15(20)13(14)11-18(23)21-12-16(17-7-4-10-24-17)22-8-1-2-9-22/h3-7,10,16H,1-2,8-9,11-12H2,(H,21,23)/p+1/t16-/m1/s1. The Morgan fingerprint density at radius 3 is 2.50 bits per heavy atom. The summed E-state index contributed by atoms with van der Waals surface area (Å²) < 4.78 is 5.58. The van der Waals surface area contributed by atoms with Crippen molar-refractivity contribution in [3.05, 3.63) is 58.0 Å². The van der Waals surface area contributed by atoms with Crippen molar-refractivity contribution in [2.75, 3.05) is 19.6 Å². The van der Waals surface area contributed by atoms with Crippen LogP contribution in [0.25, 0.3) is 0 Å². The molecule has 1 aliphatic rings. The lowest BCUT2D eigenvalue weighted by Crippen LogP contribution is -3.11. The van der Waals surface area contributed by atoms with E-state index < -0.39 is 0 Å². The Kier molecular flexibility index (Phi) is 5.82. The molecule has 128 valence electrons. The molecule has 1 aliphatic heterocycles. The zero-order valence-electron chi connectivity index (χ0n) is 13.4. The van der Waals surface area contributed by atoms with Crippen molar-refractivity contribution in [3.8, 4) is 0 Å². The van der Waals surface area contributed by atoms with Crippen molar-refractivity contribution in [3.63, 3.8) is 0 Å². The quantitative estimate of drug-likeness (QED) is 0.824. The molecule has 6 heteroatoms. The summed E-state index contributed by atoms with van der Waals surface area (Å²) in [5.74, 6) is 0.836. The molecule has 0 saturated carbocycles. The number of furan rings is 1. The van der Waals surface area contributed by atoms with E-state index in [1.165, 1.54) is 17.7 Å². The van der Waals surface area contributed by atoms with Crippen LogP contribution in [0.15, 0.2) is 41.0 Å². The number of likely N-dealkylation sites (tertiary alicyclic amines) is 1. The Hall–Kier alpha value is -1.49. The van der Waals surface area contributed by atoms with Gasteiger partial charge >= 0.3 is 0 Å². The molecule has 1 aromatic heterocycles. The first kappa shape index (κ1) is 17.3. The molecule has 1 saturated heterocycles. The van der Waals surface area contributed by atoms with Crippen LogP contribution < -0.4 is 10.2 Å². The highest BCUT2D eigenvalue weighted by molar-refractivity contribution is 6.36. The van der Waals surface area contributed by atoms with Gasteiger partial charge in [0.15, 0.2) is 11.8 Å². The summed E-state index contributed by atoms with van der Waals surface area (Å²) in [4.78, 5) is 13.8. The SMILES string of the molecule is O=C(Cc1c(Cl)cccc1Cl)NC[C@H](c1ccco1)[NH+]1CCCC1. The fourth-order valence-corrected chi connectivity index (χ4v) is 3.78. The lowest BCUT2D eigenvalue weighted by molar-refractivity contribution is -0.919. The van der Waals surface area contributed by atoms with Crippen LogP contribution in [0.4, 0.5) is 0 Å². The van der Waals surface area contributed by atoms with Crippen molar-refractivity contribution < 1.29 is 14.1 Å². The number of hydrogen-bond donors (Lipinski definition) is 2. The van der Waals surface area contributed by atoms with Crippen LogP contribution in [-0.4, -0.2) is 25.5 Å². The summed E-state index contributed by atoms with van der Waals surface area (Å²) in [6.45, 7) is 2.76. The van der Waals surface area contributed by atoms with Crippen molar-refractivity contribution in [1.29, 1.82) is 0 Å². The molecule has 3 rings (SSSR count). The largest absolute Gasteiger partial charge is 0.463 e. The van der Waals surface area contributed by atoms with Crippen molar-refractivity contribution in [2.45, 2.75) is 25.3 Å². The van der Waals surface area contributed by atoms with Crippen molar-refractivity contribution >= 4 is 29.1 Å². The molecule has 0 unspecified atom stereocenters. The third-order valence-electron chi connectivity index (χ3n) is 4.53. The minimum atomic E-state index is -0.0832. The minimum absolute atomic E-state index is 0.0832. The summed E-state index contributed by atoms with van der Waals surface area (Å²) in [7, 11) is 0. The van der Waals surface area contributed by atoms with Crippen LogP contribution in [0.2, 0.25) is 10.0 Å². The van der Waals surface area contributed by atoms with Gasteiger partial charge in [-0.15, -0.1) is 0 Å². The Morgan fingerprint density at radius 2 is 1.88 bits per heavy atom. The lowest BCUT2D eigenvalue weighted by Gasteiger charge is -2.23. The van der Waals surface area contributed by atoms with Crippen LogP contribution in [0.3, 0.4) is 0 Å². The molecule has 24 heavy (non-hydrogen) atoms. The second kappa shape index (κ2) is 8.06. The van der Waals surface area contributed by atoms with Gasteiger partial charge in [-0.3, -0.25) is 4.79 Å². The smallest absolute Gasteiger partial charge is 0.224 e. The summed E-state index contributed by atoms with van der Waals surface area (Å²) in [6, 6.07) is 9.28. The number of carbonyl (C=O) groups is 1. The molecule has 2 aromatic rings. The van der Waals surface area contributed by atoms with E-state index in [1.54, 1.807) is 24.5 Å². The number of halogens is 2. The molecule has 0 spiro atoms. The Morgan fingerprint density at radius 1 is 1.17 bits per heavy atom. The molecule has 1 amide bonds. The third kappa shape index (κ3) is 4.12. The predicted octanol–water partition coefficient (Wildman–Crippen LogP) is 2.67. The summed E-state index contributed by atoms with van der Waals surface area (Å²) in [6.07, 6.45) is 4.30. The van der Waals surface area contributed by atoms with E-state index in [0.717, 1.165) is 18.8 Å². The van der Waals surface area contributed by atoms with Crippen LogP contribution in [0.1, 0.15) is 30.2 Å². The Balaban J connectivity index is 1.63. The molecule has 4 nitrogen and oxygen atoms in total. The van der Waals surface area contributed by atoms with E-state index in [4.69, 9.17) is 27.6 Å². The first-order valence-corrected chi connectivity index (χ1v) is 8.98. The topological polar surface area (TPSA) is 46.7 Å². The number of quaternary nitrogens is 1. The van der Waals surface area contributed by atoms with Gasteiger partial charge in [-0.2, -0.15) is 0 Å². The van der Waals surface area contributed by atoms with Gasteiger partial charge in [-0.1, -0.05) is 29.3 Å². The molecular weight excluding hydrogens is 347 g/mol. The molecule has 1 aromatic carbocycles. The zero-order chi connectivity index (χ0) is 16.9. The third-order valence-corrected chi connectivity index (χ3v) is 5.24. The van der Waals surface area contributed by atoms with E-state index in [2.05, 4.69) is 5.32 Å². The predicted molar refractivity (Wildman–Crippen MR) is 94.6 cm³/mol. The fraction of sp³-hybridized carbons (Fsp3) is 0.389. The van der Waals surface area contributed by atoms with Gasteiger partial charge in [-0.05, 0) is 29.8 Å². The molecule has 0 aliphatic carbocycles. The fourth-order valence-electron chi connectivity index (χ4n) is 3.25. The van der Waals surface area contributed by atoms with Gasteiger partial charge in [0.25, 0.3) is 0 Å². The Labute approximate surface area is 151 Å². The molecule has 0 bridgehead atoms. The number of amides is 1. The second-order valence-corrected chi connectivity index (χ2v) is 6.93. The first-order valence-electron chi connectivity index (χ1n) is 8.22. The van der Waals surface area contributed by atoms with Crippen LogP contribution in [-0.2, 0) is 11.2 Å². The van der Waals surface area contributed by atoms with E-state index >= 15 is 0 Å². The number of rotatable bonds is 6. The highest BCUT2D eigenvalue weighted by Gasteiger charge is 2.29. The van der Waals surface area contributed by atoms with E-state index in [0.29, 0.717) is 22.2 Å². The molecule has 1 atom stereocenters. The average molecular weight is 368 g/mol. The Bertz CT molecular complexity index is 662. The van der Waals surface area contributed by atoms with Crippen LogP contribution >= 0.6 is 23.2 Å². The molecule has 2 N–H and O–H groups in total. The van der Waals surface area contributed by atoms with Gasteiger partial charge < -0.3 is 14.6 Å². The van der Waals surface area contributed by atoms with Crippen LogP contribution in [0.5, 0.6) is 0 Å². The van der Waals surface area contributed by atoms with E-state index in [-0.39, 0.29) is 18.4 Å². The summed E-state index contributed by atoms with van der Waals surface area (Å²) in [5, 5.41) is 4.05. The number of carbonyl (C=O) groups excluding carboxylic acids is 1. The van der Waals surface area contributed by atoms with Crippen molar-refractivity contribution in [2.24, 2.45) is 0 Å². The van der Waals surface area contributed by atoms with Crippen LogP contribution in [0, 0.1) is 0 Å². The normalized spacial score (nSPS) is 16.2. The van der Waals surface area contributed by atoms with Gasteiger partial charge in [0.05, 0.1) is 32.3 Å². The zero-order valence-corrected chi connectivity index (χ0v) is 14.9. The van der Waals surface area contributed by atoms with Gasteiger partial charge in [-0.25, -0.2) is 0 Å². The molecule has 2 heterocycles. The lowest BCUT2D eigenvalue weighted by atomic mass is 10.1. The maximum Gasteiger partial charge on any atom is 0.224 e.